The lowest BCUT2D eigenvalue weighted by Crippen LogP contribution is -2.33. The first-order valence-corrected chi connectivity index (χ1v) is 12.9. The maximum atomic E-state index is 13.1. The monoisotopic (exact) mass is 473 g/mol. The number of amides is 2. The molecule has 33 heavy (non-hydrogen) atoms. The largest absolute Gasteiger partial charge is 0.376 e. The average Bonchev–Trinajstić information content (AvgIpc) is 3.47. The molecule has 2 aromatic rings. The van der Waals surface area contributed by atoms with Gasteiger partial charge in [-0.25, -0.2) is 9.48 Å². The highest BCUT2D eigenvalue weighted by atomic mass is 32.1. The van der Waals surface area contributed by atoms with Crippen molar-refractivity contribution in [1.82, 2.24) is 19.7 Å². The lowest BCUT2D eigenvalue weighted by Gasteiger charge is -2.15. The number of carbonyl (C=O) groups is 2. The zero-order chi connectivity index (χ0) is 22.8. The van der Waals surface area contributed by atoms with E-state index in [1.54, 1.807) is 4.57 Å². The number of nitrogens with zero attached hydrogens (tertiary/aromatic N) is 3. The molecule has 2 N–H and O–H groups in total. The van der Waals surface area contributed by atoms with E-state index < -0.39 is 0 Å². The van der Waals surface area contributed by atoms with Gasteiger partial charge in [-0.2, -0.15) is 5.10 Å². The van der Waals surface area contributed by atoms with Gasteiger partial charge in [-0.1, -0.05) is 6.42 Å². The molecule has 0 spiro atoms. The Labute approximate surface area is 196 Å². The van der Waals surface area contributed by atoms with Gasteiger partial charge in [-0.15, -0.1) is 11.3 Å². The van der Waals surface area contributed by atoms with Crippen LogP contribution in [0, 0.1) is 0 Å². The Balaban J connectivity index is 1.32. The fourth-order valence-electron chi connectivity index (χ4n) is 5.02. The Morgan fingerprint density at radius 2 is 1.94 bits per heavy atom. The topological polar surface area (TPSA) is 107 Å². The van der Waals surface area contributed by atoms with Gasteiger partial charge in [0.1, 0.15) is 17.4 Å². The molecule has 9 nitrogen and oxygen atoms in total. The van der Waals surface area contributed by atoms with E-state index in [4.69, 9.17) is 4.74 Å². The highest BCUT2D eigenvalue weighted by Crippen LogP contribution is 2.38. The molecule has 4 heterocycles. The Hall–Kier alpha value is -2.46. The lowest BCUT2D eigenvalue weighted by atomic mass is 9.95. The predicted molar refractivity (Wildman–Crippen MR) is 125 cm³/mol. The summed E-state index contributed by atoms with van der Waals surface area (Å²) in [5.41, 5.74) is 1.40. The molecule has 2 aliphatic heterocycles. The summed E-state index contributed by atoms with van der Waals surface area (Å²) < 4.78 is 8.56. The summed E-state index contributed by atoms with van der Waals surface area (Å²) in [6, 6.07) is 0. The van der Waals surface area contributed by atoms with Crippen LogP contribution in [0.25, 0.3) is 0 Å². The number of hydrogen-bond donors (Lipinski definition) is 2. The number of nitrogens with one attached hydrogen (secondary N) is 2. The number of carbonyl (C=O) groups excluding carboxylic acids is 2. The molecule has 1 fully saturated rings. The molecular formula is C23H31N5O4S. The van der Waals surface area contributed by atoms with Gasteiger partial charge >= 0.3 is 5.69 Å². The van der Waals surface area contributed by atoms with Gasteiger partial charge in [0, 0.05) is 31.0 Å². The molecule has 1 atom stereocenters. The molecule has 1 unspecified atom stereocenters. The molecule has 3 aliphatic rings. The Bertz CT molecular complexity index is 1100. The van der Waals surface area contributed by atoms with Crippen molar-refractivity contribution in [1.29, 1.82) is 0 Å². The van der Waals surface area contributed by atoms with Crippen LogP contribution >= 0.6 is 11.3 Å². The minimum Gasteiger partial charge on any atom is -0.376 e. The Morgan fingerprint density at radius 3 is 2.79 bits per heavy atom. The van der Waals surface area contributed by atoms with Crippen molar-refractivity contribution < 1.29 is 14.3 Å². The number of anilines is 1. The van der Waals surface area contributed by atoms with E-state index in [0.29, 0.717) is 23.7 Å². The lowest BCUT2D eigenvalue weighted by molar-refractivity contribution is -0.116. The van der Waals surface area contributed by atoms with E-state index in [0.717, 1.165) is 82.2 Å². The maximum absolute atomic E-state index is 13.1. The van der Waals surface area contributed by atoms with E-state index in [2.05, 4.69) is 15.7 Å². The fourth-order valence-corrected chi connectivity index (χ4v) is 6.33. The van der Waals surface area contributed by atoms with Gasteiger partial charge in [-0.05, 0) is 56.9 Å². The standard InChI is InChI=1S/C23H31N5O4S/c29-19(14-28-23(31)27-11-5-1-2-10-18(27)26-28)25-22-20(16-8-3-4-9-17(16)33-22)21(30)24-13-15-7-6-12-32-15/h15H,1-14H2,(H,24,30)(H,25,29). The van der Waals surface area contributed by atoms with Crippen LogP contribution in [0.1, 0.15) is 71.6 Å². The van der Waals surface area contributed by atoms with E-state index in [1.807, 2.05) is 0 Å². The van der Waals surface area contributed by atoms with Gasteiger partial charge in [0.25, 0.3) is 5.91 Å². The third-order valence-corrected chi connectivity index (χ3v) is 7.95. The summed E-state index contributed by atoms with van der Waals surface area (Å²) in [5.74, 6) is 0.259. The molecule has 10 heteroatoms. The van der Waals surface area contributed by atoms with Gasteiger partial charge < -0.3 is 15.4 Å². The summed E-state index contributed by atoms with van der Waals surface area (Å²) in [6.45, 7) is 1.72. The quantitative estimate of drug-likeness (QED) is 0.669. The summed E-state index contributed by atoms with van der Waals surface area (Å²) in [6.07, 6.45) is 9.74. The molecule has 0 aromatic carbocycles. The molecule has 178 valence electrons. The molecule has 1 saturated heterocycles. The second-order valence-corrected chi connectivity index (χ2v) is 10.2. The Morgan fingerprint density at radius 1 is 1.09 bits per heavy atom. The highest BCUT2D eigenvalue weighted by Gasteiger charge is 2.27. The van der Waals surface area contributed by atoms with Crippen molar-refractivity contribution in [2.45, 2.75) is 83.4 Å². The van der Waals surface area contributed by atoms with Crippen molar-refractivity contribution in [3.8, 4) is 0 Å². The predicted octanol–water partition coefficient (Wildman–Crippen LogP) is 2.26. The molecule has 1 aliphatic carbocycles. The van der Waals surface area contributed by atoms with E-state index in [1.165, 1.54) is 20.9 Å². The SMILES string of the molecule is O=C(Cn1nc2n(c1=O)CCCCC2)Nc1sc2c(c1C(=O)NCC1CCCO1)CCCC2. The number of hydrogen-bond acceptors (Lipinski definition) is 6. The van der Waals surface area contributed by atoms with E-state index >= 15 is 0 Å². The van der Waals surface area contributed by atoms with E-state index in [9.17, 15) is 14.4 Å². The van der Waals surface area contributed by atoms with Crippen LogP contribution in [0.2, 0.25) is 0 Å². The first-order valence-electron chi connectivity index (χ1n) is 12.1. The zero-order valence-electron chi connectivity index (χ0n) is 18.9. The number of aryl methyl sites for hydroxylation is 2. The fraction of sp³-hybridized carbons (Fsp3) is 0.652. The smallest absolute Gasteiger partial charge is 0.346 e. The minimum atomic E-state index is -0.336. The first-order chi connectivity index (χ1) is 16.1. The molecule has 0 saturated carbocycles. The molecule has 2 amide bonds. The van der Waals surface area contributed by atoms with Crippen LogP contribution in [-0.2, 0) is 41.9 Å². The summed E-state index contributed by atoms with van der Waals surface area (Å²) in [5, 5.41) is 10.9. The summed E-state index contributed by atoms with van der Waals surface area (Å²) >= 11 is 1.48. The van der Waals surface area contributed by atoms with Gasteiger partial charge in [0.05, 0.1) is 11.7 Å². The number of thiophene rings is 1. The molecule has 5 rings (SSSR count). The summed E-state index contributed by atoms with van der Waals surface area (Å²) in [7, 11) is 0. The van der Waals surface area contributed by atoms with Crippen LogP contribution < -0.4 is 16.3 Å². The van der Waals surface area contributed by atoms with Crippen LogP contribution in [0.3, 0.4) is 0 Å². The van der Waals surface area contributed by atoms with Gasteiger partial charge in [0.15, 0.2) is 0 Å². The number of aromatic nitrogens is 3. The zero-order valence-corrected chi connectivity index (χ0v) is 19.7. The molecular weight excluding hydrogens is 442 g/mol. The normalized spacial score (nSPS) is 20.1. The summed E-state index contributed by atoms with van der Waals surface area (Å²) in [4.78, 5) is 39.9. The second kappa shape index (κ2) is 9.80. The minimum absolute atomic E-state index is 0.0597. The van der Waals surface area contributed by atoms with Crippen molar-refractivity contribution in [2.24, 2.45) is 0 Å². The molecule has 2 aromatic heterocycles. The van der Waals surface area contributed by atoms with Crippen LogP contribution in [0.4, 0.5) is 5.00 Å². The first kappa shape index (κ1) is 22.3. The molecule has 0 radical (unpaired) electrons. The van der Waals surface area contributed by atoms with Crippen molar-refractivity contribution >= 4 is 28.2 Å². The second-order valence-electron chi connectivity index (χ2n) is 9.13. The third-order valence-electron chi connectivity index (χ3n) is 6.74. The van der Waals surface area contributed by atoms with Crippen molar-refractivity contribution in [3.63, 3.8) is 0 Å². The van der Waals surface area contributed by atoms with Crippen LogP contribution in [0.5, 0.6) is 0 Å². The molecule has 0 bridgehead atoms. The number of ether oxygens (including phenoxy) is 1. The maximum Gasteiger partial charge on any atom is 0.346 e. The van der Waals surface area contributed by atoms with Crippen molar-refractivity contribution in [2.75, 3.05) is 18.5 Å². The third kappa shape index (κ3) is 4.77. The van der Waals surface area contributed by atoms with Crippen molar-refractivity contribution in [3.05, 3.63) is 32.3 Å². The van der Waals surface area contributed by atoms with Gasteiger partial charge in [0.2, 0.25) is 5.91 Å². The van der Waals surface area contributed by atoms with Gasteiger partial charge in [-0.3, -0.25) is 14.2 Å². The number of rotatable bonds is 6. The highest BCUT2D eigenvalue weighted by molar-refractivity contribution is 7.17. The van der Waals surface area contributed by atoms with E-state index in [-0.39, 0.29) is 30.2 Å². The Kier molecular flexibility index (Phi) is 6.64. The average molecular weight is 474 g/mol. The number of fused-ring (bicyclic) bond motifs is 2. The van der Waals surface area contributed by atoms with Crippen LogP contribution in [0.15, 0.2) is 4.79 Å². The van der Waals surface area contributed by atoms with Crippen LogP contribution in [-0.4, -0.2) is 45.4 Å².